The highest BCUT2D eigenvalue weighted by Gasteiger charge is 2.21. The summed E-state index contributed by atoms with van der Waals surface area (Å²) >= 11 is 1.80. The topological polar surface area (TPSA) is 25.4 Å². The number of nitrogens with zero attached hydrogens (tertiary/aromatic N) is 2. The molecule has 0 amide bonds. The fourth-order valence-electron chi connectivity index (χ4n) is 2.32. The zero-order valence-electron chi connectivity index (χ0n) is 11.7. The molecule has 1 atom stereocenters. The molecule has 4 heteroatoms. The van der Waals surface area contributed by atoms with E-state index in [1.807, 2.05) is 12.3 Å². The molecular formula is C16H18N2OS. The molecule has 0 bridgehead atoms. The molecule has 2 heterocycles. The van der Waals surface area contributed by atoms with Crippen molar-refractivity contribution in [1.82, 2.24) is 4.98 Å². The van der Waals surface area contributed by atoms with Gasteiger partial charge in [0, 0.05) is 23.9 Å². The summed E-state index contributed by atoms with van der Waals surface area (Å²) in [6.45, 7) is 2.97. The molecule has 0 radical (unpaired) electrons. The predicted molar refractivity (Wildman–Crippen MR) is 83.6 cm³/mol. The Kier molecular flexibility index (Phi) is 3.83. The summed E-state index contributed by atoms with van der Waals surface area (Å²) in [7, 11) is 2.09. The number of ether oxygens (including phenoxy) is 1. The molecule has 1 aromatic carbocycles. The van der Waals surface area contributed by atoms with Crippen molar-refractivity contribution in [3.8, 4) is 5.88 Å². The average Bonchev–Trinajstić information content (AvgIpc) is 2.46. The van der Waals surface area contributed by atoms with E-state index >= 15 is 0 Å². The van der Waals surface area contributed by atoms with Crippen LogP contribution in [0.2, 0.25) is 0 Å². The van der Waals surface area contributed by atoms with E-state index in [-0.39, 0.29) is 6.10 Å². The highest BCUT2D eigenvalue weighted by Crippen LogP contribution is 2.34. The van der Waals surface area contributed by atoms with Crippen molar-refractivity contribution in [2.75, 3.05) is 18.5 Å². The minimum Gasteiger partial charge on any atom is -0.471 e. The minimum absolute atomic E-state index is 0.197. The second kappa shape index (κ2) is 5.75. The monoisotopic (exact) mass is 286 g/mol. The molecule has 1 aliphatic rings. The number of thioether (sulfide) groups is 1. The summed E-state index contributed by atoms with van der Waals surface area (Å²) in [6, 6.07) is 12.7. The maximum Gasteiger partial charge on any atom is 0.237 e. The number of fused-ring (bicyclic) bond motifs is 1. The van der Waals surface area contributed by atoms with E-state index in [9.17, 15) is 0 Å². The lowest BCUT2D eigenvalue weighted by Crippen LogP contribution is -2.36. The summed E-state index contributed by atoms with van der Waals surface area (Å²) in [4.78, 5) is 7.84. The van der Waals surface area contributed by atoms with Gasteiger partial charge in [-0.05, 0) is 18.6 Å². The van der Waals surface area contributed by atoms with Gasteiger partial charge in [-0.15, -0.1) is 11.8 Å². The van der Waals surface area contributed by atoms with E-state index in [0.717, 1.165) is 23.9 Å². The summed E-state index contributed by atoms with van der Waals surface area (Å²) in [5, 5.41) is 0. The number of likely N-dealkylation sites (N-methyl/N-ethyl adjacent to an activating group) is 1. The van der Waals surface area contributed by atoms with Crippen LogP contribution in [0.1, 0.15) is 12.5 Å². The fourth-order valence-corrected chi connectivity index (χ4v) is 3.17. The number of benzene rings is 1. The molecule has 0 spiro atoms. The van der Waals surface area contributed by atoms with Crippen molar-refractivity contribution in [2.45, 2.75) is 23.7 Å². The van der Waals surface area contributed by atoms with Gasteiger partial charge in [0.05, 0.1) is 6.54 Å². The Morgan fingerprint density at radius 1 is 1.35 bits per heavy atom. The van der Waals surface area contributed by atoms with Crippen LogP contribution in [0.15, 0.2) is 47.5 Å². The molecule has 2 aromatic rings. The van der Waals surface area contributed by atoms with Crippen LogP contribution < -0.4 is 9.64 Å². The predicted octanol–water partition coefficient (Wildman–Crippen LogP) is 3.59. The zero-order valence-corrected chi connectivity index (χ0v) is 12.6. The van der Waals surface area contributed by atoms with Gasteiger partial charge in [0.15, 0.2) is 0 Å². The summed E-state index contributed by atoms with van der Waals surface area (Å²) < 4.78 is 5.76. The molecule has 1 aromatic heterocycles. The van der Waals surface area contributed by atoms with Gasteiger partial charge in [-0.1, -0.05) is 30.3 Å². The Balaban J connectivity index is 1.74. The van der Waals surface area contributed by atoms with Crippen molar-refractivity contribution in [3.63, 3.8) is 0 Å². The molecule has 0 saturated carbocycles. The average molecular weight is 286 g/mol. The molecule has 3 nitrogen and oxygen atoms in total. The number of hydrogen-bond acceptors (Lipinski definition) is 4. The van der Waals surface area contributed by atoms with Crippen LogP contribution in [-0.4, -0.2) is 24.7 Å². The van der Waals surface area contributed by atoms with Gasteiger partial charge in [-0.3, -0.25) is 0 Å². The van der Waals surface area contributed by atoms with Crippen LogP contribution >= 0.6 is 11.8 Å². The highest BCUT2D eigenvalue weighted by molar-refractivity contribution is 7.98. The lowest BCUT2D eigenvalue weighted by Gasteiger charge is -2.31. The van der Waals surface area contributed by atoms with Crippen molar-refractivity contribution in [2.24, 2.45) is 0 Å². The van der Waals surface area contributed by atoms with Gasteiger partial charge in [0.25, 0.3) is 0 Å². The lowest BCUT2D eigenvalue weighted by atomic mass is 10.2. The SMILES string of the molecule is C[C@H]1CN(C)c2cc(SCc3ccccc3)cnc2O1. The van der Waals surface area contributed by atoms with Gasteiger partial charge in [0.1, 0.15) is 11.8 Å². The van der Waals surface area contributed by atoms with Crippen LogP contribution in [0.5, 0.6) is 5.88 Å². The largest absolute Gasteiger partial charge is 0.471 e. The second-order valence-electron chi connectivity index (χ2n) is 5.08. The number of pyridine rings is 1. The van der Waals surface area contributed by atoms with Gasteiger partial charge in [-0.2, -0.15) is 0 Å². The molecule has 0 aliphatic carbocycles. The lowest BCUT2D eigenvalue weighted by molar-refractivity contribution is 0.206. The first-order valence-electron chi connectivity index (χ1n) is 6.77. The molecule has 0 fully saturated rings. The van der Waals surface area contributed by atoms with Gasteiger partial charge >= 0.3 is 0 Å². The normalized spacial score (nSPS) is 17.5. The summed E-state index contributed by atoms with van der Waals surface area (Å²) in [5.41, 5.74) is 2.41. The first kappa shape index (κ1) is 13.3. The smallest absolute Gasteiger partial charge is 0.237 e. The van der Waals surface area contributed by atoms with E-state index < -0.39 is 0 Å². The third-order valence-electron chi connectivity index (χ3n) is 3.31. The standard InChI is InChI=1S/C16H18N2OS/c1-12-10-18(2)15-8-14(9-17-16(15)19-12)20-11-13-6-4-3-5-7-13/h3-9,12H,10-11H2,1-2H3/t12-/m0/s1. The third-order valence-corrected chi connectivity index (χ3v) is 4.34. The molecule has 0 saturated heterocycles. The van der Waals surface area contributed by atoms with Crippen LogP contribution in [0.25, 0.3) is 0 Å². The van der Waals surface area contributed by atoms with Crippen molar-refractivity contribution in [3.05, 3.63) is 48.2 Å². The Labute approximate surface area is 124 Å². The molecule has 0 unspecified atom stereocenters. The van der Waals surface area contributed by atoms with Crippen molar-refractivity contribution in [1.29, 1.82) is 0 Å². The number of hydrogen-bond donors (Lipinski definition) is 0. The Morgan fingerprint density at radius 2 is 2.15 bits per heavy atom. The van der Waals surface area contributed by atoms with Crippen LogP contribution in [0.3, 0.4) is 0 Å². The van der Waals surface area contributed by atoms with Gasteiger partial charge in [-0.25, -0.2) is 4.98 Å². The first-order chi connectivity index (χ1) is 9.72. The number of rotatable bonds is 3. The number of aromatic nitrogens is 1. The summed E-state index contributed by atoms with van der Waals surface area (Å²) in [6.07, 6.45) is 2.10. The molecule has 3 rings (SSSR count). The molecular weight excluding hydrogens is 268 g/mol. The van der Waals surface area contributed by atoms with Gasteiger partial charge in [0.2, 0.25) is 5.88 Å². The highest BCUT2D eigenvalue weighted by atomic mass is 32.2. The van der Waals surface area contributed by atoms with E-state index in [0.29, 0.717) is 0 Å². The van der Waals surface area contributed by atoms with Crippen LogP contribution in [-0.2, 0) is 5.75 Å². The van der Waals surface area contributed by atoms with E-state index in [1.165, 1.54) is 10.5 Å². The maximum atomic E-state index is 5.76. The van der Waals surface area contributed by atoms with Crippen LogP contribution in [0, 0.1) is 0 Å². The van der Waals surface area contributed by atoms with E-state index in [4.69, 9.17) is 4.74 Å². The quantitative estimate of drug-likeness (QED) is 0.805. The van der Waals surface area contributed by atoms with Crippen molar-refractivity contribution >= 4 is 17.4 Å². The Bertz CT molecular complexity index is 588. The molecule has 104 valence electrons. The van der Waals surface area contributed by atoms with Gasteiger partial charge < -0.3 is 9.64 Å². The number of anilines is 1. The fraction of sp³-hybridized carbons (Fsp3) is 0.312. The van der Waals surface area contributed by atoms with Crippen LogP contribution in [0.4, 0.5) is 5.69 Å². The Morgan fingerprint density at radius 3 is 2.95 bits per heavy atom. The summed E-state index contributed by atoms with van der Waals surface area (Å²) in [5.74, 6) is 1.71. The zero-order chi connectivity index (χ0) is 13.9. The minimum atomic E-state index is 0.197. The second-order valence-corrected chi connectivity index (χ2v) is 6.13. The van der Waals surface area contributed by atoms with E-state index in [2.05, 4.69) is 54.2 Å². The van der Waals surface area contributed by atoms with Crippen molar-refractivity contribution < 1.29 is 4.74 Å². The maximum absolute atomic E-state index is 5.76. The van der Waals surface area contributed by atoms with E-state index in [1.54, 1.807) is 11.8 Å². The molecule has 20 heavy (non-hydrogen) atoms. The molecule has 1 aliphatic heterocycles. The Hall–Kier alpha value is -1.68. The molecule has 0 N–H and O–H groups in total. The third kappa shape index (κ3) is 2.90. The first-order valence-corrected chi connectivity index (χ1v) is 7.75.